The van der Waals surface area contributed by atoms with Crippen LogP contribution >= 0.6 is 11.6 Å². The summed E-state index contributed by atoms with van der Waals surface area (Å²) in [6.07, 6.45) is 0.0889. The molecule has 0 unspecified atom stereocenters. The summed E-state index contributed by atoms with van der Waals surface area (Å²) in [4.78, 5) is 37.5. The van der Waals surface area contributed by atoms with Gasteiger partial charge in [-0.25, -0.2) is 0 Å². The van der Waals surface area contributed by atoms with E-state index in [1.165, 1.54) is 11.9 Å². The van der Waals surface area contributed by atoms with E-state index in [9.17, 15) is 14.4 Å². The van der Waals surface area contributed by atoms with E-state index in [0.717, 1.165) is 0 Å². The van der Waals surface area contributed by atoms with Gasteiger partial charge in [-0.2, -0.15) is 0 Å². The average molecular weight is 404 g/mol. The van der Waals surface area contributed by atoms with Crippen LogP contribution in [0.2, 0.25) is 5.02 Å². The minimum atomic E-state index is -0.314. The van der Waals surface area contributed by atoms with Crippen LogP contribution in [0.5, 0.6) is 5.75 Å². The number of hydrogen-bond donors (Lipinski definition) is 2. The maximum absolute atomic E-state index is 12.1. The second-order valence-electron chi connectivity index (χ2n) is 6.04. The second-order valence-corrected chi connectivity index (χ2v) is 6.48. The predicted molar refractivity (Wildman–Crippen MR) is 108 cm³/mol. The minimum absolute atomic E-state index is 0.0873. The predicted octanol–water partition coefficient (Wildman–Crippen LogP) is 2.57. The Balaban J connectivity index is 1.73. The topological polar surface area (TPSA) is 87.7 Å². The van der Waals surface area contributed by atoms with Crippen molar-refractivity contribution >= 4 is 35.0 Å². The molecule has 2 N–H and O–H groups in total. The van der Waals surface area contributed by atoms with Crippen LogP contribution in [0.15, 0.2) is 48.5 Å². The third-order valence-electron chi connectivity index (χ3n) is 3.91. The van der Waals surface area contributed by atoms with Crippen LogP contribution in [0.4, 0.5) is 5.69 Å². The van der Waals surface area contributed by atoms with Crippen molar-refractivity contribution < 1.29 is 19.1 Å². The number of hydrogen-bond acceptors (Lipinski definition) is 4. The summed E-state index contributed by atoms with van der Waals surface area (Å²) in [6.45, 7) is 0.0841. The van der Waals surface area contributed by atoms with Gasteiger partial charge < -0.3 is 20.3 Å². The number of amides is 3. The molecule has 3 amide bonds. The summed E-state index contributed by atoms with van der Waals surface area (Å²) >= 11 is 5.78. The quantitative estimate of drug-likeness (QED) is 0.709. The highest BCUT2D eigenvalue weighted by Crippen LogP contribution is 2.15. The number of anilines is 1. The third kappa shape index (κ3) is 6.59. The van der Waals surface area contributed by atoms with E-state index in [0.29, 0.717) is 22.0 Å². The van der Waals surface area contributed by atoms with Gasteiger partial charge in [0.2, 0.25) is 11.8 Å². The zero-order valence-corrected chi connectivity index (χ0v) is 16.5. The summed E-state index contributed by atoms with van der Waals surface area (Å²) < 4.78 is 5.06. The van der Waals surface area contributed by atoms with Crippen molar-refractivity contribution in [2.75, 3.05) is 32.6 Å². The molecule has 2 aromatic rings. The molecular formula is C20H22ClN3O4. The number of benzene rings is 2. The van der Waals surface area contributed by atoms with Crippen molar-refractivity contribution in [1.29, 1.82) is 0 Å². The average Bonchev–Trinajstić information content (AvgIpc) is 2.68. The number of likely N-dealkylation sites (N-methyl/N-ethyl adjacent to an activating group) is 1. The number of nitrogens with zero attached hydrogens (tertiary/aromatic N) is 1. The molecule has 7 nitrogen and oxygen atoms in total. The van der Waals surface area contributed by atoms with Crippen LogP contribution in [-0.4, -0.2) is 49.9 Å². The first-order chi connectivity index (χ1) is 13.4. The Kier molecular flexibility index (Phi) is 7.83. The zero-order valence-electron chi connectivity index (χ0n) is 15.7. The van der Waals surface area contributed by atoms with Gasteiger partial charge >= 0.3 is 0 Å². The molecule has 2 rings (SSSR count). The summed E-state index contributed by atoms with van der Waals surface area (Å²) in [5.74, 6) is -0.164. The molecule has 0 bridgehead atoms. The van der Waals surface area contributed by atoms with Crippen molar-refractivity contribution in [3.8, 4) is 5.75 Å². The highest BCUT2D eigenvalue weighted by Gasteiger charge is 2.14. The fourth-order valence-electron chi connectivity index (χ4n) is 2.36. The first kappa shape index (κ1) is 21.2. The first-order valence-corrected chi connectivity index (χ1v) is 8.98. The van der Waals surface area contributed by atoms with E-state index in [1.54, 1.807) is 55.6 Å². The SMILES string of the molecule is COc1ccc(NC(=O)CN(C)C(=O)CCNC(=O)c2ccc(Cl)cc2)cc1. The van der Waals surface area contributed by atoms with Gasteiger partial charge in [-0.05, 0) is 48.5 Å². The molecule has 0 aliphatic rings. The number of carbonyl (C=O) groups is 3. The van der Waals surface area contributed by atoms with Gasteiger partial charge in [0.15, 0.2) is 0 Å². The summed E-state index contributed by atoms with van der Waals surface area (Å²) in [5.41, 5.74) is 1.07. The molecule has 2 aromatic carbocycles. The smallest absolute Gasteiger partial charge is 0.251 e. The molecule has 0 aromatic heterocycles. The molecule has 0 saturated heterocycles. The third-order valence-corrected chi connectivity index (χ3v) is 4.16. The highest BCUT2D eigenvalue weighted by molar-refractivity contribution is 6.30. The number of nitrogens with one attached hydrogen (secondary N) is 2. The molecule has 148 valence electrons. The lowest BCUT2D eigenvalue weighted by molar-refractivity contribution is -0.133. The Bertz CT molecular complexity index is 822. The molecule has 0 atom stereocenters. The van der Waals surface area contributed by atoms with Gasteiger partial charge in [0.1, 0.15) is 5.75 Å². The van der Waals surface area contributed by atoms with Gasteiger partial charge in [0.05, 0.1) is 13.7 Å². The lowest BCUT2D eigenvalue weighted by atomic mass is 10.2. The molecule has 0 spiro atoms. The van der Waals surface area contributed by atoms with E-state index >= 15 is 0 Å². The number of halogens is 1. The number of ether oxygens (including phenoxy) is 1. The van der Waals surface area contributed by atoms with Gasteiger partial charge in [-0.15, -0.1) is 0 Å². The molecular weight excluding hydrogens is 382 g/mol. The number of carbonyl (C=O) groups excluding carboxylic acids is 3. The van der Waals surface area contributed by atoms with Crippen molar-refractivity contribution in [2.24, 2.45) is 0 Å². The van der Waals surface area contributed by atoms with Crippen molar-refractivity contribution in [2.45, 2.75) is 6.42 Å². The second kappa shape index (κ2) is 10.3. The maximum Gasteiger partial charge on any atom is 0.251 e. The molecule has 8 heteroatoms. The van der Waals surface area contributed by atoms with Crippen LogP contribution < -0.4 is 15.4 Å². The molecule has 0 radical (unpaired) electrons. The zero-order chi connectivity index (χ0) is 20.5. The molecule has 0 saturated carbocycles. The van der Waals surface area contributed by atoms with Crippen molar-refractivity contribution in [3.05, 3.63) is 59.1 Å². The number of rotatable bonds is 8. The van der Waals surface area contributed by atoms with Crippen LogP contribution in [0.3, 0.4) is 0 Å². The van der Waals surface area contributed by atoms with E-state index < -0.39 is 0 Å². The van der Waals surface area contributed by atoms with E-state index in [1.807, 2.05) is 0 Å². The Morgan fingerprint density at radius 3 is 2.29 bits per heavy atom. The van der Waals surface area contributed by atoms with E-state index in [4.69, 9.17) is 16.3 Å². The normalized spacial score (nSPS) is 10.1. The van der Waals surface area contributed by atoms with Gasteiger partial charge in [-0.3, -0.25) is 14.4 Å². The lowest BCUT2D eigenvalue weighted by Gasteiger charge is -2.17. The Morgan fingerprint density at radius 2 is 1.68 bits per heavy atom. The molecule has 0 aliphatic heterocycles. The van der Waals surface area contributed by atoms with E-state index in [-0.39, 0.29) is 37.2 Å². The van der Waals surface area contributed by atoms with Gasteiger partial charge in [0.25, 0.3) is 5.91 Å². The highest BCUT2D eigenvalue weighted by atomic mass is 35.5. The maximum atomic E-state index is 12.1. The first-order valence-electron chi connectivity index (χ1n) is 8.60. The summed E-state index contributed by atoms with van der Waals surface area (Å²) in [6, 6.07) is 13.3. The Labute approximate surface area is 168 Å². The Morgan fingerprint density at radius 1 is 1.04 bits per heavy atom. The van der Waals surface area contributed by atoms with Crippen LogP contribution in [0.25, 0.3) is 0 Å². The lowest BCUT2D eigenvalue weighted by Crippen LogP contribution is -2.37. The van der Waals surface area contributed by atoms with Crippen LogP contribution in [0.1, 0.15) is 16.8 Å². The fourth-order valence-corrected chi connectivity index (χ4v) is 2.48. The molecule has 0 fully saturated rings. The van der Waals surface area contributed by atoms with Gasteiger partial charge in [-0.1, -0.05) is 11.6 Å². The summed E-state index contributed by atoms with van der Waals surface area (Å²) in [5, 5.41) is 5.92. The monoisotopic (exact) mass is 403 g/mol. The molecule has 28 heavy (non-hydrogen) atoms. The van der Waals surface area contributed by atoms with E-state index in [2.05, 4.69) is 10.6 Å². The molecule has 0 aliphatic carbocycles. The largest absolute Gasteiger partial charge is 0.497 e. The molecule has 0 heterocycles. The fraction of sp³-hybridized carbons (Fsp3) is 0.250. The van der Waals surface area contributed by atoms with Crippen LogP contribution in [0, 0.1) is 0 Å². The minimum Gasteiger partial charge on any atom is -0.497 e. The van der Waals surface area contributed by atoms with Crippen molar-refractivity contribution in [1.82, 2.24) is 10.2 Å². The number of methoxy groups -OCH3 is 1. The van der Waals surface area contributed by atoms with Crippen molar-refractivity contribution in [3.63, 3.8) is 0 Å². The van der Waals surface area contributed by atoms with Gasteiger partial charge in [0, 0.05) is 36.3 Å². The van der Waals surface area contributed by atoms with Crippen LogP contribution in [-0.2, 0) is 9.59 Å². The summed E-state index contributed by atoms with van der Waals surface area (Å²) in [7, 11) is 3.10. The Hall–Kier alpha value is -3.06. The standard InChI is InChI=1S/C20H22ClN3O4/c1-24(13-18(25)23-16-7-9-17(28-2)10-8-16)19(26)11-12-22-20(27)14-3-5-15(21)6-4-14/h3-10H,11-13H2,1-2H3,(H,22,27)(H,23,25).